The zero-order valence-corrected chi connectivity index (χ0v) is 16.4. The van der Waals surface area contributed by atoms with Crippen molar-refractivity contribution >= 4 is 20.9 Å². The molecule has 0 saturated carbocycles. The normalized spacial score (nSPS) is 16.7. The molecule has 0 bridgehead atoms. The second-order valence-corrected chi connectivity index (χ2v) is 9.01. The summed E-state index contributed by atoms with van der Waals surface area (Å²) in [6, 6.07) is 13.2. The summed E-state index contributed by atoms with van der Waals surface area (Å²) in [6.45, 7) is 2.93. The molecule has 1 N–H and O–H groups in total. The molecule has 1 saturated heterocycles. The van der Waals surface area contributed by atoms with Crippen LogP contribution in [0.25, 0.3) is 10.9 Å². The highest BCUT2D eigenvalue weighted by Crippen LogP contribution is 2.36. The average Bonchev–Trinajstić information content (AvgIpc) is 3.11. The summed E-state index contributed by atoms with van der Waals surface area (Å²) in [5.74, 6) is 1.18. The first-order valence-electron chi connectivity index (χ1n) is 9.21. The van der Waals surface area contributed by atoms with Crippen LogP contribution in [-0.4, -0.2) is 37.9 Å². The number of ether oxygens (including phenoxy) is 1. The maximum atomic E-state index is 13.0. The van der Waals surface area contributed by atoms with Gasteiger partial charge in [0.15, 0.2) is 0 Å². The fraction of sp³-hybridized carbons (Fsp3) is 0.333. The minimum atomic E-state index is -3.43. The molecular formula is C21H24N2O3S. The Morgan fingerprint density at radius 1 is 1.11 bits per heavy atom. The van der Waals surface area contributed by atoms with Crippen molar-refractivity contribution in [3.63, 3.8) is 0 Å². The Bertz CT molecular complexity index is 1060. The van der Waals surface area contributed by atoms with Crippen molar-refractivity contribution in [2.45, 2.75) is 30.6 Å². The van der Waals surface area contributed by atoms with Gasteiger partial charge >= 0.3 is 0 Å². The van der Waals surface area contributed by atoms with Gasteiger partial charge in [0.05, 0.1) is 12.0 Å². The maximum Gasteiger partial charge on any atom is 0.243 e. The SMILES string of the molecule is COc1ccc2[nH]cc(C3CCN(S(=O)(=O)c4ccccc4C)CC3)c2c1. The van der Waals surface area contributed by atoms with Gasteiger partial charge in [0.25, 0.3) is 0 Å². The summed E-state index contributed by atoms with van der Waals surface area (Å²) in [5, 5.41) is 1.16. The highest BCUT2D eigenvalue weighted by Gasteiger charge is 2.31. The van der Waals surface area contributed by atoms with Crippen LogP contribution in [0.3, 0.4) is 0 Å². The molecule has 1 aliphatic heterocycles. The lowest BCUT2D eigenvalue weighted by atomic mass is 9.90. The van der Waals surface area contributed by atoms with Crippen LogP contribution in [0, 0.1) is 6.92 Å². The van der Waals surface area contributed by atoms with E-state index in [1.165, 1.54) is 5.56 Å². The van der Waals surface area contributed by atoms with Crippen molar-refractivity contribution in [2.24, 2.45) is 0 Å². The van der Waals surface area contributed by atoms with Crippen LogP contribution < -0.4 is 4.74 Å². The van der Waals surface area contributed by atoms with Crippen LogP contribution in [-0.2, 0) is 10.0 Å². The van der Waals surface area contributed by atoms with Gasteiger partial charge in [-0.3, -0.25) is 0 Å². The van der Waals surface area contributed by atoms with Gasteiger partial charge in [-0.15, -0.1) is 0 Å². The highest BCUT2D eigenvalue weighted by molar-refractivity contribution is 7.89. The first-order valence-corrected chi connectivity index (χ1v) is 10.7. The van der Waals surface area contributed by atoms with E-state index in [0.29, 0.717) is 23.9 Å². The van der Waals surface area contributed by atoms with Gasteiger partial charge in [0, 0.05) is 30.2 Å². The molecule has 2 heterocycles. The molecule has 4 rings (SSSR count). The van der Waals surface area contributed by atoms with Crippen LogP contribution in [0.5, 0.6) is 5.75 Å². The van der Waals surface area contributed by atoms with Gasteiger partial charge in [0.1, 0.15) is 5.75 Å². The monoisotopic (exact) mass is 384 g/mol. The van der Waals surface area contributed by atoms with E-state index in [0.717, 1.165) is 35.1 Å². The van der Waals surface area contributed by atoms with E-state index in [1.54, 1.807) is 23.5 Å². The van der Waals surface area contributed by atoms with Gasteiger partial charge in [-0.2, -0.15) is 4.31 Å². The lowest BCUT2D eigenvalue weighted by Crippen LogP contribution is -2.38. The number of benzene rings is 2. The molecule has 3 aromatic rings. The first-order chi connectivity index (χ1) is 13.0. The third kappa shape index (κ3) is 3.24. The number of nitrogens with one attached hydrogen (secondary N) is 1. The van der Waals surface area contributed by atoms with E-state index >= 15 is 0 Å². The van der Waals surface area contributed by atoms with Crippen molar-refractivity contribution in [1.82, 2.24) is 9.29 Å². The minimum Gasteiger partial charge on any atom is -0.497 e. The number of nitrogens with zero attached hydrogens (tertiary/aromatic N) is 1. The smallest absolute Gasteiger partial charge is 0.243 e. The average molecular weight is 385 g/mol. The van der Waals surface area contributed by atoms with Crippen molar-refractivity contribution in [2.75, 3.05) is 20.2 Å². The second kappa shape index (κ2) is 7.02. The fourth-order valence-corrected chi connectivity index (χ4v) is 5.67. The van der Waals surface area contributed by atoms with E-state index in [2.05, 4.69) is 17.2 Å². The number of aromatic nitrogens is 1. The molecular weight excluding hydrogens is 360 g/mol. The Morgan fingerprint density at radius 3 is 2.56 bits per heavy atom. The van der Waals surface area contributed by atoms with Gasteiger partial charge in [-0.05, 0) is 61.1 Å². The Hall–Kier alpha value is -2.31. The number of fused-ring (bicyclic) bond motifs is 1. The first kappa shape index (κ1) is 18.1. The quantitative estimate of drug-likeness (QED) is 0.738. The summed E-state index contributed by atoms with van der Waals surface area (Å²) in [4.78, 5) is 3.74. The Morgan fingerprint density at radius 2 is 1.85 bits per heavy atom. The van der Waals surface area contributed by atoms with Gasteiger partial charge in [-0.25, -0.2) is 8.42 Å². The third-order valence-electron chi connectivity index (χ3n) is 5.53. The number of aryl methyl sites for hydroxylation is 1. The molecule has 0 spiro atoms. The fourth-order valence-electron chi connectivity index (χ4n) is 3.98. The van der Waals surface area contributed by atoms with Crippen LogP contribution in [0.2, 0.25) is 0 Å². The number of hydrogen-bond acceptors (Lipinski definition) is 3. The molecule has 2 aromatic carbocycles. The van der Waals surface area contributed by atoms with E-state index < -0.39 is 10.0 Å². The van der Waals surface area contributed by atoms with E-state index in [4.69, 9.17) is 4.74 Å². The summed E-state index contributed by atoms with van der Waals surface area (Å²) in [6.07, 6.45) is 3.69. The molecule has 1 fully saturated rings. The molecule has 5 nitrogen and oxygen atoms in total. The van der Waals surface area contributed by atoms with Gasteiger partial charge < -0.3 is 9.72 Å². The van der Waals surface area contributed by atoms with Crippen molar-refractivity contribution in [3.05, 3.63) is 59.8 Å². The van der Waals surface area contributed by atoms with Crippen LogP contribution in [0.15, 0.2) is 53.6 Å². The number of H-pyrrole nitrogens is 1. The molecule has 0 unspecified atom stereocenters. The lowest BCUT2D eigenvalue weighted by molar-refractivity contribution is 0.320. The van der Waals surface area contributed by atoms with Crippen molar-refractivity contribution in [1.29, 1.82) is 0 Å². The van der Waals surface area contributed by atoms with Crippen molar-refractivity contribution in [3.8, 4) is 5.75 Å². The number of aromatic amines is 1. The Kier molecular flexibility index (Phi) is 4.70. The van der Waals surface area contributed by atoms with E-state index in [1.807, 2.05) is 31.2 Å². The molecule has 1 aliphatic rings. The minimum absolute atomic E-state index is 0.342. The number of rotatable bonds is 4. The summed E-state index contributed by atoms with van der Waals surface area (Å²) in [7, 11) is -1.76. The molecule has 142 valence electrons. The summed E-state index contributed by atoms with van der Waals surface area (Å²) >= 11 is 0. The van der Waals surface area contributed by atoms with Gasteiger partial charge in [-0.1, -0.05) is 18.2 Å². The Balaban J connectivity index is 1.55. The zero-order chi connectivity index (χ0) is 19.0. The molecule has 0 amide bonds. The van der Waals surface area contributed by atoms with E-state index in [-0.39, 0.29) is 0 Å². The van der Waals surface area contributed by atoms with Crippen LogP contribution in [0.4, 0.5) is 0 Å². The predicted octanol–water partition coefficient (Wildman–Crippen LogP) is 4.05. The summed E-state index contributed by atoms with van der Waals surface area (Å²) in [5.41, 5.74) is 3.13. The molecule has 6 heteroatoms. The molecule has 0 aliphatic carbocycles. The predicted molar refractivity (Wildman–Crippen MR) is 107 cm³/mol. The lowest BCUT2D eigenvalue weighted by Gasteiger charge is -2.31. The Labute approximate surface area is 160 Å². The number of sulfonamides is 1. The number of piperidine rings is 1. The van der Waals surface area contributed by atoms with Crippen LogP contribution >= 0.6 is 0 Å². The maximum absolute atomic E-state index is 13.0. The topological polar surface area (TPSA) is 62.4 Å². The second-order valence-electron chi connectivity index (χ2n) is 7.10. The summed E-state index contributed by atoms with van der Waals surface area (Å²) < 4.78 is 33.0. The largest absolute Gasteiger partial charge is 0.497 e. The number of hydrogen-bond donors (Lipinski definition) is 1. The van der Waals surface area contributed by atoms with Crippen molar-refractivity contribution < 1.29 is 13.2 Å². The molecule has 0 atom stereocenters. The molecule has 27 heavy (non-hydrogen) atoms. The number of methoxy groups -OCH3 is 1. The van der Waals surface area contributed by atoms with Gasteiger partial charge in [0.2, 0.25) is 10.0 Å². The highest BCUT2D eigenvalue weighted by atomic mass is 32.2. The van der Waals surface area contributed by atoms with E-state index in [9.17, 15) is 8.42 Å². The standard InChI is InChI=1S/C21H24N2O3S/c1-15-5-3-4-6-21(15)27(24,25)23-11-9-16(10-12-23)19-14-22-20-8-7-17(26-2)13-18(19)20/h3-8,13-14,16,22H,9-12H2,1-2H3. The molecule has 1 aromatic heterocycles. The van der Waals surface area contributed by atoms with Crippen LogP contribution in [0.1, 0.15) is 29.9 Å². The third-order valence-corrected chi connectivity index (χ3v) is 7.58. The molecule has 0 radical (unpaired) electrons. The zero-order valence-electron chi connectivity index (χ0n) is 15.6.